The molecule has 17 heavy (non-hydrogen) atoms. The van der Waals surface area contributed by atoms with Gasteiger partial charge in [0, 0.05) is 0 Å². The topological polar surface area (TPSA) is 110 Å². The summed E-state index contributed by atoms with van der Waals surface area (Å²) in [5.41, 5.74) is 5.46. The molecule has 1 heterocycles. The summed E-state index contributed by atoms with van der Waals surface area (Å²) in [7, 11) is -4.24. The first kappa shape index (κ1) is 12.0. The third-order valence-electron chi connectivity index (χ3n) is 2.03. The molecule has 6 nitrogen and oxygen atoms in total. The van der Waals surface area contributed by atoms with Crippen LogP contribution in [0.25, 0.3) is 10.2 Å². The van der Waals surface area contributed by atoms with Crippen molar-refractivity contribution in [3.05, 3.63) is 23.2 Å². The lowest BCUT2D eigenvalue weighted by molar-refractivity contribution is -0.117. The van der Waals surface area contributed by atoms with Gasteiger partial charge in [0.25, 0.3) is 10.1 Å². The molecule has 0 unspecified atom stereocenters. The molecule has 3 N–H and O–H groups in total. The average molecular weight is 272 g/mol. The molecule has 8 heteroatoms. The van der Waals surface area contributed by atoms with E-state index < -0.39 is 16.0 Å². The number of rotatable bonds is 3. The molecule has 0 aliphatic carbocycles. The van der Waals surface area contributed by atoms with E-state index in [1.54, 1.807) is 0 Å². The van der Waals surface area contributed by atoms with Gasteiger partial charge in [0.1, 0.15) is 5.01 Å². The number of carbonyl (C=O) groups excluding carboxylic acids is 1. The van der Waals surface area contributed by atoms with E-state index in [9.17, 15) is 13.2 Å². The molecule has 0 saturated carbocycles. The maximum atomic E-state index is 10.9. The molecular weight excluding hydrogens is 264 g/mol. The van der Waals surface area contributed by atoms with Crippen LogP contribution >= 0.6 is 11.3 Å². The molecule has 0 aliphatic rings. The van der Waals surface area contributed by atoms with Gasteiger partial charge >= 0.3 is 0 Å². The smallest absolute Gasteiger partial charge is 0.294 e. The lowest BCUT2D eigenvalue weighted by Crippen LogP contribution is -2.13. The second kappa shape index (κ2) is 4.06. The second-order valence-electron chi connectivity index (χ2n) is 3.36. The second-order valence-corrected chi connectivity index (χ2v) is 5.89. The summed E-state index contributed by atoms with van der Waals surface area (Å²) in [6.45, 7) is 0. The van der Waals surface area contributed by atoms with Crippen LogP contribution in [0.5, 0.6) is 0 Å². The van der Waals surface area contributed by atoms with Gasteiger partial charge in [-0.3, -0.25) is 9.35 Å². The number of nitrogens with two attached hydrogens (primary N) is 1. The number of hydrogen-bond donors (Lipinski definition) is 2. The molecule has 0 spiro atoms. The van der Waals surface area contributed by atoms with Crippen LogP contribution in [-0.2, 0) is 21.3 Å². The highest BCUT2D eigenvalue weighted by Gasteiger charge is 2.12. The molecule has 1 amide bonds. The highest BCUT2D eigenvalue weighted by atomic mass is 32.2. The minimum atomic E-state index is -4.24. The summed E-state index contributed by atoms with van der Waals surface area (Å²) in [6, 6.07) is 4.07. The number of aromatic nitrogens is 1. The van der Waals surface area contributed by atoms with E-state index in [0.717, 1.165) is 4.70 Å². The van der Waals surface area contributed by atoms with E-state index in [-0.39, 0.29) is 11.3 Å². The van der Waals surface area contributed by atoms with E-state index in [4.69, 9.17) is 10.3 Å². The Morgan fingerprint density at radius 1 is 1.47 bits per heavy atom. The molecule has 1 aromatic carbocycles. The quantitative estimate of drug-likeness (QED) is 0.794. The monoisotopic (exact) mass is 272 g/mol. The standard InChI is InChI=1S/C9H8N2O4S2/c10-8(12)4-9-11-6-3-5(17(13,14)15)1-2-7(6)16-9/h1-3H,4H2,(H2,10,12)(H,13,14,15). The predicted octanol–water partition coefficient (Wildman–Crippen LogP) is 0.571. The van der Waals surface area contributed by atoms with E-state index >= 15 is 0 Å². The normalized spacial score (nSPS) is 11.8. The van der Waals surface area contributed by atoms with E-state index in [1.807, 2.05) is 0 Å². The lowest BCUT2D eigenvalue weighted by Gasteiger charge is -1.94. The van der Waals surface area contributed by atoms with Crippen LogP contribution in [0.3, 0.4) is 0 Å². The van der Waals surface area contributed by atoms with Gasteiger partial charge in [-0.1, -0.05) is 0 Å². The first-order chi connectivity index (χ1) is 7.86. The van der Waals surface area contributed by atoms with Crippen LogP contribution in [0.15, 0.2) is 23.1 Å². The van der Waals surface area contributed by atoms with Crippen LogP contribution in [0, 0.1) is 0 Å². The average Bonchev–Trinajstić information content (AvgIpc) is 2.55. The first-order valence-corrected chi connectivity index (χ1v) is 6.77. The summed E-state index contributed by atoms with van der Waals surface area (Å²) in [6.07, 6.45) is 0.0144. The molecule has 2 aromatic rings. The zero-order valence-electron chi connectivity index (χ0n) is 8.45. The van der Waals surface area contributed by atoms with Crippen LogP contribution in [0.2, 0.25) is 0 Å². The molecular formula is C9H8N2O4S2. The molecule has 1 aromatic heterocycles. The van der Waals surface area contributed by atoms with Crippen LogP contribution in [0.4, 0.5) is 0 Å². The van der Waals surface area contributed by atoms with Gasteiger partial charge in [0.15, 0.2) is 0 Å². The third-order valence-corrected chi connectivity index (χ3v) is 3.91. The Balaban J connectivity index is 2.52. The molecule has 0 radical (unpaired) electrons. The highest BCUT2D eigenvalue weighted by molar-refractivity contribution is 7.85. The molecule has 0 saturated heterocycles. The zero-order valence-corrected chi connectivity index (χ0v) is 10.1. The van der Waals surface area contributed by atoms with Gasteiger partial charge in [0.2, 0.25) is 5.91 Å². The summed E-state index contributed by atoms with van der Waals surface area (Å²) in [4.78, 5) is 14.6. The SMILES string of the molecule is NC(=O)Cc1nc2cc(S(=O)(=O)O)ccc2s1. The zero-order chi connectivity index (χ0) is 12.6. The van der Waals surface area contributed by atoms with Crippen LogP contribution < -0.4 is 5.73 Å². The van der Waals surface area contributed by atoms with Gasteiger partial charge in [-0.05, 0) is 18.2 Å². The van der Waals surface area contributed by atoms with Crippen molar-refractivity contribution in [2.24, 2.45) is 5.73 Å². The molecule has 0 aliphatic heterocycles. The molecule has 0 fully saturated rings. The molecule has 2 rings (SSSR count). The number of nitrogens with zero attached hydrogens (tertiary/aromatic N) is 1. The fourth-order valence-corrected chi connectivity index (χ4v) is 2.80. The fraction of sp³-hybridized carbons (Fsp3) is 0.111. The number of benzene rings is 1. The predicted molar refractivity (Wildman–Crippen MR) is 62.3 cm³/mol. The van der Waals surface area contributed by atoms with E-state index in [0.29, 0.717) is 10.5 Å². The van der Waals surface area contributed by atoms with Gasteiger partial charge in [-0.25, -0.2) is 4.98 Å². The number of carbonyl (C=O) groups is 1. The van der Waals surface area contributed by atoms with Gasteiger partial charge < -0.3 is 5.73 Å². The summed E-state index contributed by atoms with van der Waals surface area (Å²) < 4.78 is 31.4. The van der Waals surface area contributed by atoms with Crippen LogP contribution in [0.1, 0.15) is 5.01 Å². The van der Waals surface area contributed by atoms with Gasteiger partial charge in [-0.2, -0.15) is 8.42 Å². The molecule has 0 bridgehead atoms. The molecule has 90 valence electrons. The summed E-state index contributed by atoms with van der Waals surface area (Å²) in [5, 5.41) is 0.514. The van der Waals surface area contributed by atoms with Crippen molar-refractivity contribution in [2.75, 3.05) is 0 Å². The Bertz CT molecular complexity index is 690. The summed E-state index contributed by atoms with van der Waals surface area (Å²) in [5.74, 6) is -0.501. The number of fused-ring (bicyclic) bond motifs is 1. The lowest BCUT2D eigenvalue weighted by atomic mass is 10.3. The van der Waals surface area contributed by atoms with Gasteiger partial charge in [0.05, 0.1) is 21.5 Å². The van der Waals surface area contributed by atoms with Crippen molar-refractivity contribution in [3.8, 4) is 0 Å². The first-order valence-electron chi connectivity index (χ1n) is 4.51. The Morgan fingerprint density at radius 3 is 2.76 bits per heavy atom. The van der Waals surface area contributed by atoms with Gasteiger partial charge in [-0.15, -0.1) is 11.3 Å². The maximum absolute atomic E-state index is 10.9. The minimum Gasteiger partial charge on any atom is -0.369 e. The van der Waals surface area contributed by atoms with Crippen molar-refractivity contribution < 1.29 is 17.8 Å². The maximum Gasteiger partial charge on any atom is 0.294 e. The number of thiazole rings is 1. The number of hydrogen-bond acceptors (Lipinski definition) is 5. The number of amides is 1. The van der Waals surface area contributed by atoms with Crippen molar-refractivity contribution in [1.82, 2.24) is 4.98 Å². The minimum absolute atomic E-state index is 0.0144. The van der Waals surface area contributed by atoms with E-state index in [2.05, 4.69) is 4.98 Å². The van der Waals surface area contributed by atoms with E-state index in [1.165, 1.54) is 29.5 Å². The van der Waals surface area contributed by atoms with Crippen molar-refractivity contribution in [3.63, 3.8) is 0 Å². The van der Waals surface area contributed by atoms with Crippen LogP contribution in [-0.4, -0.2) is 23.9 Å². The fourth-order valence-electron chi connectivity index (χ4n) is 1.34. The Morgan fingerprint density at radius 2 is 2.18 bits per heavy atom. The molecule has 0 atom stereocenters. The Labute approximate surface area is 101 Å². The van der Waals surface area contributed by atoms with Crippen molar-refractivity contribution in [1.29, 1.82) is 0 Å². The Hall–Kier alpha value is -1.51. The summed E-state index contributed by atoms with van der Waals surface area (Å²) >= 11 is 1.26. The Kier molecular flexibility index (Phi) is 2.86. The van der Waals surface area contributed by atoms with Crippen molar-refractivity contribution in [2.45, 2.75) is 11.3 Å². The number of primary amides is 1. The highest BCUT2D eigenvalue weighted by Crippen LogP contribution is 2.24. The van der Waals surface area contributed by atoms with Crippen molar-refractivity contribution >= 4 is 37.6 Å². The largest absolute Gasteiger partial charge is 0.369 e. The third kappa shape index (κ3) is 2.60.